The van der Waals surface area contributed by atoms with Crippen LogP contribution in [0.4, 0.5) is 0 Å². The molecule has 1 N–H and O–H groups in total. The standard InChI is InChI=1S/C21H26N2O6S/c1-15(20(24)22-14-13-16-5-9-18(28-4)10-6-16)29-21(25)17-7-11-19(12-8-17)30(26,27)23(2)3/h5-12,15H,13-14H2,1-4H3,(H,22,24). The van der Waals surface area contributed by atoms with Gasteiger partial charge in [0.1, 0.15) is 5.75 Å². The fourth-order valence-corrected chi connectivity index (χ4v) is 3.42. The smallest absolute Gasteiger partial charge is 0.338 e. The van der Waals surface area contributed by atoms with Crippen LogP contribution in [0.2, 0.25) is 0 Å². The van der Waals surface area contributed by atoms with E-state index in [9.17, 15) is 18.0 Å². The van der Waals surface area contributed by atoms with Gasteiger partial charge in [-0.3, -0.25) is 4.79 Å². The number of hydrogen-bond acceptors (Lipinski definition) is 6. The van der Waals surface area contributed by atoms with Crippen molar-refractivity contribution in [1.29, 1.82) is 0 Å². The molecule has 0 heterocycles. The van der Waals surface area contributed by atoms with Crippen molar-refractivity contribution in [1.82, 2.24) is 9.62 Å². The third-order valence-corrected chi connectivity index (χ3v) is 6.22. The first-order valence-corrected chi connectivity index (χ1v) is 10.7. The van der Waals surface area contributed by atoms with Gasteiger partial charge in [-0.05, 0) is 55.3 Å². The lowest BCUT2D eigenvalue weighted by Crippen LogP contribution is -2.36. The Labute approximate surface area is 176 Å². The molecule has 0 saturated carbocycles. The zero-order valence-corrected chi connectivity index (χ0v) is 18.2. The highest BCUT2D eigenvalue weighted by Crippen LogP contribution is 2.15. The van der Waals surface area contributed by atoms with Crippen molar-refractivity contribution >= 4 is 21.9 Å². The van der Waals surface area contributed by atoms with Crippen molar-refractivity contribution in [3.05, 3.63) is 59.7 Å². The molecule has 0 saturated heterocycles. The van der Waals surface area contributed by atoms with Gasteiger partial charge in [0, 0.05) is 20.6 Å². The van der Waals surface area contributed by atoms with Crippen LogP contribution in [0.25, 0.3) is 0 Å². The Morgan fingerprint density at radius 2 is 1.63 bits per heavy atom. The normalized spacial score (nSPS) is 12.3. The molecule has 0 aliphatic rings. The first kappa shape index (κ1) is 23.4. The summed E-state index contributed by atoms with van der Waals surface area (Å²) in [5, 5.41) is 2.73. The Morgan fingerprint density at radius 1 is 1.03 bits per heavy atom. The van der Waals surface area contributed by atoms with E-state index in [1.165, 1.54) is 45.3 Å². The van der Waals surface area contributed by atoms with Crippen LogP contribution in [-0.4, -0.2) is 58.5 Å². The van der Waals surface area contributed by atoms with E-state index >= 15 is 0 Å². The van der Waals surface area contributed by atoms with Gasteiger partial charge in [-0.1, -0.05) is 12.1 Å². The number of amides is 1. The highest BCUT2D eigenvalue weighted by molar-refractivity contribution is 7.89. The number of esters is 1. The lowest BCUT2D eigenvalue weighted by molar-refractivity contribution is -0.129. The van der Waals surface area contributed by atoms with Gasteiger partial charge in [0.05, 0.1) is 17.6 Å². The van der Waals surface area contributed by atoms with Gasteiger partial charge >= 0.3 is 5.97 Å². The number of nitrogens with one attached hydrogen (secondary N) is 1. The van der Waals surface area contributed by atoms with E-state index in [2.05, 4.69) is 5.32 Å². The monoisotopic (exact) mass is 434 g/mol. The summed E-state index contributed by atoms with van der Waals surface area (Å²) >= 11 is 0. The van der Waals surface area contributed by atoms with E-state index in [1.54, 1.807) is 7.11 Å². The van der Waals surface area contributed by atoms with Gasteiger partial charge in [-0.15, -0.1) is 0 Å². The molecule has 0 aliphatic carbocycles. The van der Waals surface area contributed by atoms with E-state index < -0.39 is 28.0 Å². The Hall–Kier alpha value is -2.91. The number of benzene rings is 2. The van der Waals surface area contributed by atoms with Gasteiger partial charge in [-0.25, -0.2) is 17.5 Å². The number of hydrogen-bond donors (Lipinski definition) is 1. The summed E-state index contributed by atoms with van der Waals surface area (Å²) in [4.78, 5) is 24.5. The zero-order chi connectivity index (χ0) is 22.3. The summed E-state index contributed by atoms with van der Waals surface area (Å²) in [6, 6.07) is 12.9. The first-order valence-electron chi connectivity index (χ1n) is 9.29. The number of sulfonamides is 1. The highest BCUT2D eigenvalue weighted by atomic mass is 32.2. The highest BCUT2D eigenvalue weighted by Gasteiger charge is 2.21. The molecule has 1 unspecified atom stereocenters. The molecular weight excluding hydrogens is 408 g/mol. The minimum atomic E-state index is -3.58. The molecule has 30 heavy (non-hydrogen) atoms. The largest absolute Gasteiger partial charge is 0.497 e. The predicted molar refractivity (Wildman–Crippen MR) is 112 cm³/mol. The first-order chi connectivity index (χ1) is 14.1. The van der Waals surface area contributed by atoms with Crippen LogP contribution in [0, 0.1) is 0 Å². The molecule has 0 radical (unpaired) electrons. The van der Waals surface area contributed by atoms with Crippen molar-refractivity contribution in [3.63, 3.8) is 0 Å². The average Bonchev–Trinajstić information content (AvgIpc) is 2.74. The minimum absolute atomic E-state index is 0.0633. The molecule has 0 bridgehead atoms. The Balaban J connectivity index is 1.86. The summed E-state index contributed by atoms with van der Waals surface area (Å²) in [5.41, 5.74) is 1.19. The summed E-state index contributed by atoms with van der Waals surface area (Å²) in [6.45, 7) is 1.87. The lowest BCUT2D eigenvalue weighted by Gasteiger charge is -2.14. The number of methoxy groups -OCH3 is 1. The third-order valence-electron chi connectivity index (χ3n) is 4.39. The number of ether oxygens (including phenoxy) is 2. The predicted octanol–water partition coefficient (Wildman–Crippen LogP) is 1.85. The van der Waals surface area contributed by atoms with Crippen molar-refractivity contribution in [3.8, 4) is 5.75 Å². The van der Waals surface area contributed by atoms with Crippen molar-refractivity contribution in [2.75, 3.05) is 27.7 Å². The van der Waals surface area contributed by atoms with Crippen LogP contribution in [-0.2, 0) is 26.0 Å². The fraction of sp³-hybridized carbons (Fsp3) is 0.333. The molecule has 2 rings (SSSR count). The van der Waals surface area contributed by atoms with Crippen LogP contribution < -0.4 is 10.1 Å². The van der Waals surface area contributed by atoms with E-state index in [0.29, 0.717) is 13.0 Å². The SMILES string of the molecule is COc1ccc(CCNC(=O)C(C)OC(=O)c2ccc(S(=O)(=O)N(C)C)cc2)cc1. The summed E-state index contributed by atoms with van der Waals surface area (Å²) < 4.78 is 35.5. The summed E-state index contributed by atoms with van der Waals surface area (Å²) in [6.07, 6.45) is -0.364. The van der Waals surface area contributed by atoms with Gasteiger partial charge < -0.3 is 14.8 Å². The van der Waals surface area contributed by atoms with Crippen LogP contribution in [0.5, 0.6) is 5.75 Å². The molecule has 0 aliphatic heterocycles. The number of carbonyl (C=O) groups excluding carboxylic acids is 2. The molecule has 2 aromatic carbocycles. The van der Waals surface area contributed by atoms with Gasteiger partial charge in [-0.2, -0.15) is 0 Å². The Morgan fingerprint density at radius 3 is 2.17 bits per heavy atom. The Kier molecular flexibility index (Phi) is 7.96. The second-order valence-electron chi connectivity index (χ2n) is 6.75. The maximum Gasteiger partial charge on any atom is 0.338 e. The number of carbonyl (C=O) groups is 2. The molecule has 8 nitrogen and oxygen atoms in total. The molecule has 9 heteroatoms. The quantitative estimate of drug-likeness (QED) is 0.605. The van der Waals surface area contributed by atoms with Crippen molar-refractivity contribution in [2.45, 2.75) is 24.3 Å². The van der Waals surface area contributed by atoms with Crippen LogP contribution >= 0.6 is 0 Å². The van der Waals surface area contributed by atoms with E-state index in [1.807, 2.05) is 24.3 Å². The minimum Gasteiger partial charge on any atom is -0.497 e. The van der Waals surface area contributed by atoms with Crippen LogP contribution in [0.15, 0.2) is 53.4 Å². The molecule has 0 aromatic heterocycles. The molecule has 1 amide bonds. The van der Waals surface area contributed by atoms with E-state index in [-0.39, 0.29) is 10.5 Å². The number of rotatable bonds is 9. The summed E-state index contributed by atoms with van der Waals surface area (Å²) in [7, 11) is 0.858. The molecular formula is C21H26N2O6S. The van der Waals surface area contributed by atoms with E-state index in [4.69, 9.17) is 9.47 Å². The molecule has 162 valence electrons. The van der Waals surface area contributed by atoms with Crippen molar-refractivity contribution < 1.29 is 27.5 Å². The second-order valence-corrected chi connectivity index (χ2v) is 8.90. The van der Waals surface area contributed by atoms with Crippen LogP contribution in [0.3, 0.4) is 0 Å². The maximum atomic E-state index is 12.2. The second kappa shape index (κ2) is 10.2. The molecule has 1 atom stereocenters. The van der Waals surface area contributed by atoms with E-state index in [0.717, 1.165) is 15.6 Å². The maximum absolute atomic E-state index is 12.2. The number of nitrogens with zero attached hydrogens (tertiary/aromatic N) is 1. The zero-order valence-electron chi connectivity index (χ0n) is 17.4. The average molecular weight is 435 g/mol. The van der Waals surface area contributed by atoms with Gasteiger partial charge in [0.2, 0.25) is 10.0 Å². The van der Waals surface area contributed by atoms with Crippen LogP contribution in [0.1, 0.15) is 22.8 Å². The topological polar surface area (TPSA) is 102 Å². The van der Waals surface area contributed by atoms with Gasteiger partial charge in [0.15, 0.2) is 6.10 Å². The third kappa shape index (κ3) is 6.04. The molecule has 0 fully saturated rings. The molecule has 0 spiro atoms. The molecule has 2 aromatic rings. The van der Waals surface area contributed by atoms with Gasteiger partial charge in [0.25, 0.3) is 5.91 Å². The fourth-order valence-electron chi connectivity index (χ4n) is 2.52. The lowest BCUT2D eigenvalue weighted by atomic mass is 10.1. The summed E-state index contributed by atoms with van der Waals surface area (Å²) in [5.74, 6) is -0.360. The van der Waals surface area contributed by atoms with Crippen molar-refractivity contribution in [2.24, 2.45) is 0 Å². The Bertz CT molecular complexity index is 970.